The first-order chi connectivity index (χ1) is 11.7. The lowest BCUT2D eigenvalue weighted by atomic mass is 10.1. The highest BCUT2D eigenvalue weighted by Crippen LogP contribution is 2.17. The van der Waals surface area contributed by atoms with Crippen molar-refractivity contribution in [3.8, 4) is 17.1 Å². The summed E-state index contributed by atoms with van der Waals surface area (Å²) < 4.78 is 5.18. The molecule has 7 nitrogen and oxygen atoms in total. The number of methoxy groups -OCH3 is 1. The second-order valence-electron chi connectivity index (χ2n) is 5.09. The van der Waals surface area contributed by atoms with Crippen LogP contribution in [0.15, 0.2) is 59.9 Å². The fraction of sp³-hybridized carbons (Fsp3) is 0.118. The molecule has 2 aromatic carbocycles. The minimum absolute atomic E-state index is 0.341. The Morgan fingerprint density at radius 1 is 1.25 bits per heavy atom. The first-order valence-electron chi connectivity index (χ1n) is 7.40. The maximum atomic E-state index is 5.95. The number of nitrogens with two attached hydrogens (primary N) is 1. The number of ether oxygens (including phenoxy) is 1. The van der Waals surface area contributed by atoms with E-state index in [2.05, 4.69) is 25.5 Å². The van der Waals surface area contributed by atoms with Gasteiger partial charge in [-0.3, -0.25) is 5.10 Å². The first-order valence-corrected chi connectivity index (χ1v) is 7.40. The van der Waals surface area contributed by atoms with Crippen LogP contribution in [0.2, 0.25) is 0 Å². The first kappa shape index (κ1) is 15.5. The van der Waals surface area contributed by atoms with Crippen LogP contribution in [0.3, 0.4) is 0 Å². The van der Waals surface area contributed by atoms with Crippen molar-refractivity contribution in [2.24, 2.45) is 10.7 Å². The van der Waals surface area contributed by atoms with Crippen LogP contribution in [0.25, 0.3) is 11.4 Å². The van der Waals surface area contributed by atoms with Crippen LogP contribution in [0.4, 0.5) is 5.69 Å². The molecule has 0 aliphatic carbocycles. The summed E-state index contributed by atoms with van der Waals surface area (Å²) in [6, 6.07) is 15.4. The predicted molar refractivity (Wildman–Crippen MR) is 93.8 cm³/mol. The molecule has 24 heavy (non-hydrogen) atoms. The van der Waals surface area contributed by atoms with Crippen molar-refractivity contribution >= 4 is 11.6 Å². The second-order valence-corrected chi connectivity index (χ2v) is 5.09. The molecule has 0 radical (unpaired) electrons. The number of benzene rings is 2. The molecule has 3 rings (SSSR count). The standard InChI is InChI=1S/C17H18N6O/c1-24-15-7-3-6-14(9-15)22-17(18)19-10-12-4-2-5-13(8-12)16-20-11-21-23-16/h2-9,11H,10H2,1H3,(H3,18,19,22)(H,20,21,23). The Hall–Kier alpha value is -3.35. The van der Waals surface area contributed by atoms with Gasteiger partial charge in [-0.15, -0.1) is 0 Å². The van der Waals surface area contributed by atoms with Gasteiger partial charge >= 0.3 is 0 Å². The summed E-state index contributed by atoms with van der Waals surface area (Å²) in [7, 11) is 1.62. The van der Waals surface area contributed by atoms with Crippen LogP contribution in [0, 0.1) is 0 Å². The van der Waals surface area contributed by atoms with Gasteiger partial charge in [0.1, 0.15) is 12.1 Å². The van der Waals surface area contributed by atoms with Crippen molar-refractivity contribution in [2.75, 3.05) is 12.4 Å². The molecule has 3 aromatic rings. The molecule has 1 aromatic heterocycles. The summed E-state index contributed by atoms with van der Waals surface area (Å²) in [6.07, 6.45) is 1.48. The average Bonchev–Trinajstić information content (AvgIpc) is 3.15. The topological polar surface area (TPSA) is 101 Å². The lowest BCUT2D eigenvalue weighted by Gasteiger charge is -2.07. The molecule has 0 atom stereocenters. The number of aliphatic imine (C=N–C) groups is 1. The van der Waals surface area contributed by atoms with E-state index < -0.39 is 0 Å². The molecule has 0 fully saturated rings. The largest absolute Gasteiger partial charge is 0.497 e. The lowest BCUT2D eigenvalue weighted by Crippen LogP contribution is -2.22. The van der Waals surface area contributed by atoms with Crippen LogP contribution in [0.5, 0.6) is 5.75 Å². The summed E-state index contributed by atoms with van der Waals surface area (Å²) >= 11 is 0. The summed E-state index contributed by atoms with van der Waals surface area (Å²) in [5.74, 6) is 1.82. The third-order valence-corrected chi connectivity index (χ3v) is 3.39. The highest BCUT2D eigenvalue weighted by Gasteiger charge is 2.02. The zero-order chi connectivity index (χ0) is 16.8. The third kappa shape index (κ3) is 3.89. The van der Waals surface area contributed by atoms with Crippen molar-refractivity contribution in [2.45, 2.75) is 6.54 Å². The zero-order valence-electron chi connectivity index (χ0n) is 13.2. The molecule has 122 valence electrons. The third-order valence-electron chi connectivity index (χ3n) is 3.39. The number of hydrogen-bond acceptors (Lipinski definition) is 4. The number of nitrogens with zero attached hydrogens (tertiary/aromatic N) is 3. The summed E-state index contributed by atoms with van der Waals surface area (Å²) in [5.41, 5.74) is 8.76. The number of rotatable bonds is 5. The monoisotopic (exact) mass is 322 g/mol. The summed E-state index contributed by atoms with van der Waals surface area (Å²) in [4.78, 5) is 8.51. The van der Waals surface area contributed by atoms with Crippen molar-refractivity contribution < 1.29 is 4.74 Å². The number of guanidine groups is 1. The van der Waals surface area contributed by atoms with E-state index >= 15 is 0 Å². The zero-order valence-corrected chi connectivity index (χ0v) is 13.2. The number of nitrogens with one attached hydrogen (secondary N) is 2. The van der Waals surface area contributed by atoms with E-state index in [-0.39, 0.29) is 0 Å². The van der Waals surface area contributed by atoms with Gasteiger partial charge in [-0.05, 0) is 23.8 Å². The van der Waals surface area contributed by atoms with E-state index in [4.69, 9.17) is 10.5 Å². The molecule has 0 saturated heterocycles. The minimum atomic E-state index is 0.341. The van der Waals surface area contributed by atoms with Crippen molar-refractivity contribution in [3.05, 3.63) is 60.4 Å². The Bertz CT molecular complexity index is 829. The smallest absolute Gasteiger partial charge is 0.193 e. The number of aromatic amines is 1. The van der Waals surface area contributed by atoms with E-state index in [1.807, 2.05) is 48.5 Å². The van der Waals surface area contributed by atoms with Crippen LogP contribution in [0.1, 0.15) is 5.56 Å². The second kappa shape index (κ2) is 7.28. The maximum absolute atomic E-state index is 5.95. The Morgan fingerprint density at radius 3 is 2.92 bits per heavy atom. The van der Waals surface area contributed by atoms with E-state index in [0.717, 1.165) is 28.4 Å². The molecule has 1 heterocycles. The number of aromatic nitrogens is 3. The normalized spacial score (nSPS) is 11.3. The fourth-order valence-electron chi connectivity index (χ4n) is 2.23. The summed E-state index contributed by atoms with van der Waals surface area (Å²) in [5, 5.41) is 9.75. The van der Waals surface area contributed by atoms with Crippen LogP contribution in [-0.4, -0.2) is 28.3 Å². The molecule has 0 amide bonds. The highest BCUT2D eigenvalue weighted by molar-refractivity contribution is 5.92. The van der Waals surface area contributed by atoms with Gasteiger partial charge in [0.05, 0.1) is 13.7 Å². The van der Waals surface area contributed by atoms with Gasteiger partial charge in [-0.1, -0.05) is 24.3 Å². The van der Waals surface area contributed by atoms with Crippen LogP contribution >= 0.6 is 0 Å². The molecular weight excluding hydrogens is 304 g/mol. The highest BCUT2D eigenvalue weighted by atomic mass is 16.5. The van der Waals surface area contributed by atoms with Crippen LogP contribution < -0.4 is 15.8 Å². The maximum Gasteiger partial charge on any atom is 0.193 e. The Labute approximate surface area is 139 Å². The van der Waals surface area contributed by atoms with Gasteiger partial charge in [0.15, 0.2) is 11.8 Å². The lowest BCUT2D eigenvalue weighted by molar-refractivity contribution is 0.415. The number of H-pyrrole nitrogens is 1. The van der Waals surface area contributed by atoms with E-state index in [1.165, 1.54) is 6.33 Å². The summed E-state index contributed by atoms with van der Waals surface area (Å²) in [6.45, 7) is 0.463. The molecule has 0 bridgehead atoms. The molecule has 0 aliphatic rings. The molecule has 4 N–H and O–H groups in total. The van der Waals surface area contributed by atoms with E-state index in [0.29, 0.717) is 12.5 Å². The van der Waals surface area contributed by atoms with E-state index in [1.54, 1.807) is 7.11 Å². The van der Waals surface area contributed by atoms with Crippen molar-refractivity contribution in [1.29, 1.82) is 0 Å². The van der Waals surface area contributed by atoms with Crippen molar-refractivity contribution in [3.63, 3.8) is 0 Å². The molecular formula is C17H18N6O. The fourth-order valence-corrected chi connectivity index (χ4v) is 2.23. The molecule has 0 unspecified atom stereocenters. The predicted octanol–water partition coefficient (Wildman–Crippen LogP) is 2.41. The van der Waals surface area contributed by atoms with Gasteiger partial charge in [0.2, 0.25) is 0 Å². The van der Waals surface area contributed by atoms with Gasteiger partial charge in [0, 0.05) is 17.3 Å². The van der Waals surface area contributed by atoms with Crippen LogP contribution in [-0.2, 0) is 6.54 Å². The van der Waals surface area contributed by atoms with Gasteiger partial charge in [-0.25, -0.2) is 9.98 Å². The minimum Gasteiger partial charge on any atom is -0.497 e. The Morgan fingerprint density at radius 2 is 2.12 bits per heavy atom. The van der Waals surface area contributed by atoms with Gasteiger partial charge in [-0.2, -0.15) is 5.10 Å². The van der Waals surface area contributed by atoms with Crippen molar-refractivity contribution in [1.82, 2.24) is 15.2 Å². The van der Waals surface area contributed by atoms with E-state index in [9.17, 15) is 0 Å². The molecule has 0 aliphatic heterocycles. The van der Waals surface area contributed by atoms with Gasteiger partial charge in [0.25, 0.3) is 0 Å². The number of hydrogen-bond donors (Lipinski definition) is 3. The SMILES string of the molecule is COc1cccc(NC(N)=NCc2cccc(-c3ncn[nH]3)c2)c1. The molecule has 7 heteroatoms. The average molecular weight is 322 g/mol. The number of anilines is 1. The quantitative estimate of drug-likeness (QED) is 0.494. The Balaban J connectivity index is 1.67. The molecule has 0 spiro atoms. The Kier molecular flexibility index (Phi) is 4.71. The molecule has 0 saturated carbocycles. The van der Waals surface area contributed by atoms with Gasteiger partial charge < -0.3 is 15.8 Å².